The molecule has 6 nitrogen and oxygen atoms in total. The summed E-state index contributed by atoms with van der Waals surface area (Å²) in [6.45, 7) is 6.28. The molecule has 30 heavy (non-hydrogen) atoms. The summed E-state index contributed by atoms with van der Waals surface area (Å²) in [6, 6.07) is 11.6. The van der Waals surface area contributed by atoms with Gasteiger partial charge in [-0.15, -0.1) is 5.43 Å². The first-order chi connectivity index (χ1) is 14.4. The smallest absolute Gasteiger partial charge is 0.287 e. The fraction of sp³-hybridized carbons (Fsp3) is 0.182. The molecule has 0 radical (unpaired) electrons. The molecule has 0 aliphatic heterocycles. The number of amides is 1. The number of thioether (sulfide) groups is 1. The lowest BCUT2D eigenvalue weighted by Crippen LogP contribution is -2.49. The Hall–Kier alpha value is -2.90. The van der Waals surface area contributed by atoms with Gasteiger partial charge >= 0.3 is 5.15 Å². The normalized spacial score (nSPS) is 11.1. The van der Waals surface area contributed by atoms with Crippen LogP contribution in [0, 0.1) is 20.8 Å². The van der Waals surface area contributed by atoms with Gasteiger partial charge in [0.05, 0.1) is 23.2 Å². The van der Waals surface area contributed by atoms with Crippen LogP contribution in [-0.2, 0) is 4.79 Å². The number of halogens is 1. The van der Waals surface area contributed by atoms with Crippen molar-refractivity contribution in [2.75, 3.05) is 11.2 Å². The number of nitrogens with zero attached hydrogens (tertiary/aromatic N) is 4. The second kappa shape index (κ2) is 8.45. The maximum atomic E-state index is 12.5. The third-order valence-electron chi connectivity index (χ3n) is 4.67. The van der Waals surface area contributed by atoms with E-state index in [2.05, 4.69) is 47.9 Å². The molecule has 0 bridgehead atoms. The van der Waals surface area contributed by atoms with Gasteiger partial charge in [-0.3, -0.25) is 14.3 Å². The molecule has 1 N–H and O–H groups in total. The van der Waals surface area contributed by atoms with Gasteiger partial charge in [0.2, 0.25) is 6.20 Å². The Morgan fingerprint density at radius 2 is 1.97 bits per heavy atom. The van der Waals surface area contributed by atoms with Crippen molar-refractivity contribution in [1.82, 2.24) is 14.5 Å². The van der Waals surface area contributed by atoms with E-state index < -0.39 is 0 Å². The highest BCUT2D eigenvalue weighted by Crippen LogP contribution is 2.31. The highest BCUT2D eigenvalue weighted by atomic mass is 35.5. The molecule has 152 valence electrons. The molecule has 0 saturated carbocycles. The van der Waals surface area contributed by atoms with Crippen LogP contribution < -0.4 is 10.1 Å². The van der Waals surface area contributed by atoms with Crippen LogP contribution in [-0.4, -0.2) is 26.2 Å². The Labute approximate surface area is 183 Å². The van der Waals surface area contributed by atoms with Gasteiger partial charge in [-0.05, 0) is 55.6 Å². The fourth-order valence-corrected chi connectivity index (χ4v) is 4.54. The summed E-state index contributed by atoms with van der Waals surface area (Å²) in [5, 5.41) is 1.17. The maximum absolute atomic E-state index is 12.5. The number of fused-ring (bicyclic) bond motifs is 1. The first-order valence-electron chi connectivity index (χ1n) is 9.43. The number of aromatic nitrogens is 4. The third-order valence-corrected chi connectivity index (χ3v) is 5.92. The van der Waals surface area contributed by atoms with Gasteiger partial charge in [-0.25, -0.2) is 4.98 Å². The molecule has 0 spiro atoms. The van der Waals surface area contributed by atoms with E-state index in [-0.39, 0.29) is 11.7 Å². The number of hydrogen-bond donors (Lipinski definition) is 1. The third kappa shape index (κ3) is 4.04. The fourth-order valence-electron chi connectivity index (χ4n) is 3.56. The average molecular weight is 439 g/mol. The molecule has 3 heterocycles. The van der Waals surface area contributed by atoms with Crippen molar-refractivity contribution in [3.05, 3.63) is 76.8 Å². The minimum absolute atomic E-state index is 0.174. The SMILES string of the molecule is Cc1cc(C)c(-n2c(SCC(=O)N[n+]3ccccc3Cl)nc3cnccc32)c(C)c1. The van der Waals surface area contributed by atoms with E-state index in [4.69, 9.17) is 16.6 Å². The van der Waals surface area contributed by atoms with Gasteiger partial charge < -0.3 is 0 Å². The number of imidazole rings is 1. The molecule has 0 aliphatic rings. The number of pyridine rings is 2. The molecule has 0 fully saturated rings. The summed E-state index contributed by atoms with van der Waals surface area (Å²) in [5.41, 5.74) is 9.14. The molecular formula is C22H21ClN5OS+. The van der Waals surface area contributed by atoms with E-state index in [1.54, 1.807) is 30.7 Å². The number of aryl methyl sites for hydroxylation is 3. The standard InChI is InChI=1S/C22H20ClN5OS/c1-14-10-15(2)21(16(3)11-14)28-18-7-8-24-12-17(18)25-22(28)30-13-20(29)26-27-9-5-4-6-19(27)23/h4-12H,13H2,1-3H3/p+1. The molecular weight excluding hydrogens is 418 g/mol. The van der Waals surface area contributed by atoms with Crippen LogP contribution in [0.25, 0.3) is 16.7 Å². The van der Waals surface area contributed by atoms with Gasteiger partial charge in [0.15, 0.2) is 5.16 Å². The zero-order valence-corrected chi connectivity index (χ0v) is 18.5. The Morgan fingerprint density at radius 1 is 1.20 bits per heavy atom. The van der Waals surface area contributed by atoms with Crippen LogP contribution >= 0.6 is 23.4 Å². The van der Waals surface area contributed by atoms with Crippen molar-refractivity contribution < 1.29 is 9.47 Å². The van der Waals surface area contributed by atoms with E-state index in [1.807, 2.05) is 12.1 Å². The molecule has 3 aromatic heterocycles. The number of carbonyl (C=O) groups excluding carboxylic acids is 1. The lowest BCUT2D eigenvalue weighted by atomic mass is 10.0. The number of carbonyl (C=O) groups is 1. The number of benzene rings is 1. The van der Waals surface area contributed by atoms with Gasteiger partial charge in [0.1, 0.15) is 5.52 Å². The van der Waals surface area contributed by atoms with Crippen molar-refractivity contribution in [2.45, 2.75) is 25.9 Å². The molecule has 8 heteroatoms. The quantitative estimate of drug-likeness (QED) is 0.289. The largest absolute Gasteiger partial charge is 0.304 e. The molecule has 1 aromatic carbocycles. The summed E-state index contributed by atoms with van der Waals surface area (Å²) < 4.78 is 3.60. The first kappa shape index (κ1) is 20.4. The van der Waals surface area contributed by atoms with Crippen molar-refractivity contribution in [3.8, 4) is 5.69 Å². The van der Waals surface area contributed by atoms with Crippen molar-refractivity contribution in [3.63, 3.8) is 0 Å². The van der Waals surface area contributed by atoms with Crippen LogP contribution in [0.5, 0.6) is 0 Å². The second-order valence-electron chi connectivity index (χ2n) is 7.06. The average Bonchev–Trinajstić information content (AvgIpc) is 3.06. The van der Waals surface area contributed by atoms with Crippen LogP contribution in [0.2, 0.25) is 5.15 Å². The van der Waals surface area contributed by atoms with Gasteiger partial charge in [0.25, 0.3) is 5.91 Å². The van der Waals surface area contributed by atoms with Crippen LogP contribution in [0.4, 0.5) is 0 Å². The minimum Gasteiger partial charge on any atom is -0.287 e. The van der Waals surface area contributed by atoms with E-state index >= 15 is 0 Å². The molecule has 4 rings (SSSR count). The number of hydrogen-bond acceptors (Lipinski definition) is 4. The summed E-state index contributed by atoms with van der Waals surface area (Å²) in [7, 11) is 0. The Kier molecular flexibility index (Phi) is 5.74. The highest BCUT2D eigenvalue weighted by Gasteiger charge is 2.19. The van der Waals surface area contributed by atoms with E-state index in [0.29, 0.717) is 5.15 Å². The molecule has 0 saturated heterocycles. The monoisotopic (exact) mass is 438 g/mol. The molecule has 1 amide bonds. The molecule has 0 unspecified atom stereocenters. The van der Waals surface area contributed by atoms with E-state index in [1.165, 1.54) is 22.0 Å². The highest BCUT2D eigenvalue weighted by molar-refractivity contribution is 7.99. The van der Waals surface area contributed by atoms with Gasteiger partial charge in [0, 0.05) is 18.3 Å². The summed E-state index contributed by atoms with van der Waals surface area (Å²) in [4.78, 5) is 21.5. The van der Waals surface area contributed by atoms with Gasteiger partial charge in [-0.1, -0.05) is 34.1 Å². The molecule has 0 aliphatic carbocycles. The first-order valence-corrected chi connectivity index (χ1v) is 10.8. The van der Waals surface area contributed by atoms with Crippen LogP contribution in [0.15, 0.2) is 60.1 Å². The van der Waals surface area contributed by atoms with Gasteiger partial charge in [-0.2, -0.15) is 0 Å². The lowest BCUT2D eigenvalue weighted by molar-refractivity contribution is -0.639. The summed E-state index contributed by atoms with van der Waals surface area (Å²) >= 11 is 7.49. The number of rotatable bonds is 5. The summed E-state index contributed by atoms with van der Waals surface area (Å²) in [6.07, 6.45) is 5.20. The Morgan fingerprint density at radius 3 is 2.70 bits per heavy atom. The molecule has 4 aromatic rings. The minimum atomic E-state index is -0.174. The van der Waals surface area contributed by atoms with E-state index in [0.717, 1.165) is 33.0 Å². The lowest BCUT2D eigenvalue weighted by Gasteiger charge is -2.15. The maximum Gasteiger partial charge on any atom is 0.304 e. The van der Waals surface area contributed by atoms with E-state index in [9.17, 15) is 4.79 Å². The predicted octanol–water partition coefficient (Wildman–Crippen LogP) is 4.15. The van der Waals surface area contributed by atoms with Crippen molar-refractivity contribution >= 4 is 40.3 Å². The Balaban J connectivity index is 1.68. The van der Waals surface area contributed by atoms with Crippen molar-refractivity contribution in [2.24, 2.45) is 0 Å². The zero-order valence-electron chi connectivity index (χ0n) is 16.9. The van der Waals surface area contributed by atoms with Crippen LogP contribution in [0.1, 0.15) is 16.7 Å². The molecule has 0 atom stereocenters. The predicted molar refractivity (Wildman–Crippen MR) is 120 cm³/mol. The Bertz CT molecular complexity index is 1230. The summed E-state index contributed by atoms with van der Waals surface area (Å²) in [5.74, 6) is 0.0195. The number of nitrogens with one attached hydrogen (secondary N) is 1. The van der Waals surface area contributed by atoms with Crippen LogP contribution in [0.3, 0.4) is 0 Å². The second-order valence-corrected chi connectivity index (χ2v) is 8.39. The topological polar surface area (TPSA) is 63.7 Å². The zero-order chi connectivity index (χ0) is 21.3. The van der Waals surface area contributed by atoms with Crippen molar-refractivity contribution in [1.29, 1.82) is 0 Å².